The van der Waals surface area contributed by atoms with E-state index >= 15 is 0 Å². The molecule has 4 heterocycles. The lowest BCUT2D eigenvalue weighted by atomic mass is 10.0. The van der Waals surface area contributed by atoms with Gasteiger partial charge in [-0.1, -0.05) is 18.2 Å². The Balaban J connectivity index is 1.40. The number of piperazine rings is 1. The number of fused-ring (bicyclic) bond motifs is 1. The maximum Gasteiger partial charge on any atom is 0.254 e. The quantitative estimate of drug-likeness (QED) is 0.626. The topological polar surface area (TPSA) is 83.5 Å². The molecule has 8 heteroatoms. The number of sulfone groups is 1. The predicted molar refractivity (Wildman–Crippen MR) is 120 cm³/mol. The average molecular weight is 437 g/mol. The van der Waals surface area contributed by atoms with Crippen molar-refractivity contribution in [2.24, 2.45) is 0 Å². The van der Waals surface area contributed by atoms with Gasteiger partial charge >= 0.3 is 0 Å². The summed E-state index contributed by atoms with van der Waals surface area (Å²) >= 11 is 0. The maximum absolute atomic E-state index is 13.5. The van der Waals surface area contributed by atoms with E-state index < -0.39 is 9.84 Å². The number of benzene rings is 1. The molecule has 2 saturated heterocycles. The third-order valence-corrected chi connectivity index (χ3v) is 7.98. The van der Waals surface area contributed by atoms with Gasteiger partial charge in [-0.2, -0.15) is 0 Å². The van der Waals surface area contributed by atoms with Gasteiger partial charge in [0.25, 0.3) is 5.91 Å². The molecule has 3 aromatic rings. The van der Waals surface area contributed by atoms with Crippen molar-refractivity contribution >= 4 is 26.6 Å². The molecule has 1 aromatic carbocycles. The van der Waals surface area contributed by atoms with Crippen LogP contribution in [0.2, 0.25) is 0 Å². The smallest absolute Gasteiger partial charge is 0.254 e. The minimum Gasteiger partial charge on any atom is -0.336 e. The van der Waals surface area contributed by atoms with Crippen LogP contribution in [0.5, 0.6) is 0 Å². The van der Waals surface area contributed by atoms with E-state index in [4.69, 9.17) is 4.98 Å². The lowest BCUT2D eigenvalue weighted by Crippen LogP contribution is -2.52. The van der Waals surface area contributed by atoms with Gasteiger partial charge in [-0.15, -0.1) is 0 Å². The first-order valence-corrected chi connectivity index (χ1v) is 12.4. The molecule has 31 heavy (non-hydrogen) atoms. The SMILES string of the molecule is O=C(c1cc(-c2cccnc2)nc2ccccc12)N1CCN([C@H]2CCS(=O)(=O)C2)CC1. The Hall–Kier alpha value is -2.84. The van der Waals surface area contributed by atoms with Crippen LogP contribution in [-0.2, 0) is 9.84 Å². The van der Waals surface area contributed by atoms with Gasteiger partial charge in [-0.05, 0) is 30.7 Å². The molecule has 0 radical (unpaired) electrons. The molecule has 5 rings (SSSR count). The standard InChI is InChI=1S/C23H24N4O3S/c28-23(27-11-9-26(10-12-27)18-7-13-31(29,30)16-18)20-14-22(17-4-3-8-24-15-17)25-21-6-2-1-5-19(20)21/h1-6,8,14-15,18H,7,9-13,16H2/t18-/m0/s1. The molecular weight excluding hydrogens is 412 g/mol. The van der Waals surface area contributed by atoms with Crippen molar-refractivity contribution in [2.45, 2.75) is 12.5 Å². The molecule has 0 N–H and O–H groups in total. The van der Waals surface area contributed by atoms with Crippen molar-refractivity contribution in [1.82, 2.24) is 19.8 Å². The molecule has 7 nitrogen and oxygen atoms in total. The van der Waals surface area contributed by atoms with Crippen molar-refractivity contribution in [3.63, 3.8) is 0 Å². The predicted octanol–water partition coefficient (Wildman–Crippen LogP) is 2.24. The molecule has 2 aliphatic heterocycles. The minimum absolute atomic E-state index is 0.0116. The largest absolute Gasteiger partial charge is 0.336 e. The highest BCUT2D eigenvalue weighted by molar-refractivity contribution is 7.91. The van der Waals surface area contributed by atoms with Gasteiger partial charge in [-0.25, -0.2) is 13.4 Å². The zero-order valence-corrected chi connectivity index (χ0v) is 18.0. The van der Waals surface area contributed by atoms with Gasteiger partial charge < -0.3 is 4.90 Å². The van der Waals surface area contributed by atoms with Crippen LogP contribution < -0.4 is 0 Å². The second-order valence-electron chi connectivity index (χ2n) is 8.20. The minimum atomic E-state index is -2.91. The fourth-order valence-corrected chi connectivity index (χ4v) is 6.30. The van der Waals surface area contributed by atoms with Crippen molar-refractivity contribution in [1.29, 1.82) is 0 Å². The van der Waals surface area contributed by atoms with Crippen LogP contribution in [0, 0.1) is 0 Å². The summed E-state index contributed by atoms with van der Waals surface area (Å²) in [7, 11) is -2.91. The van der Waals surface area contributed by atoms with E-state index in [2.05, 4.69) is 9.88 Å². The molecule has 0 spiro atoms. The monoisotopic (exact) mass is 436 g/mol. The summed E-state index contributed by atoms with van der Waals surface area (Å²) < 4.78 is 23.6. The fourth-order valence-electron chi connectivity index (χ4n) is 4.54. The van der Waals surface area contributed by atoms with Crippen LogP contribution in [0.15, 0.2) is 54.9 Å². The molecule has 1 amide bonds. The van der Waals surface area contributed by atoms with Crippen LogP contribution >= 0.6 is 0 Å². The van der Waals surface area contributed by atoms with Gasteiger partial charge in [0.2, 0.25) is 0 Å². The Bertz CT molecular complexity index is 1220. The van der Waals surface area contributed by atoms with E-state index in [1.807, 2.05) is 47.4 Å². The van der Waals surface area contributed by atoms with Crippen molar-refractivity contribution in [3.8, 4) is 11.3 Å². The highest BCUT2D eigenvalue weighted by atomic mass is 32.2. The summed E-state index contributed by atoms with van der Waals surface area (Å²) in [6.07, 6.45) is 4.16. The highest BCUT2D eigenvalue weighted by Gasteiger charge is 2.34. The normalized spacial score (nSPS) is 21.4. The van der Waals surface area contributed by atoms with Crippen LogP contribution in [0.3, 0.4) is 0 Å². The molecule has 2 fully saturated rings. The second-order valence-corrected chi connectivity index (χ2v) is 10.4. The average Bonchev–Trinajstić information content (AvgIpc) is 3.18. The first-order chi connectivity index (χ1) is 15.0. The van der Waals surface area contributed by atoms with Crippen molar-refractivity contribution in [3.05, 3.63) is 60.4 Å². The van der Waals surface area contributed by atoms with Gasteiger partial charge in [0.05, 0.1) is 28.3 Å². The van der Waals surface area contributed by atoms with E-state index in [-0.39, 0.29) is 23.5 Å². The molecule has 2 aromatic heterocycles. The van der Waals surface area contributed by atoms with Crippen LogP contribution in [0.25, 0.3) is 22.2 Å². The number of pyridine rings is 2. The number of nitrogens with zero attached hydrogens (tertiary/aromatic N) is 4. The lowest BCUT2D eigenvalue weighted by molar-refractivity contribution is 0.0589. The summed E-state index contributed by atoms with van der Waals surface area (Å²) in [5.41, 5.74) is 3.02. The Kier molecular flexibility index (Phi) is 5.19. The summed E-state index contributed by atoms with van der Waals surface area (Å²) in [4.78, 5) is 26.5. The first-order valence-electron chi connectivity index (χ1n) is 10.5. The lowest BCUT2D eigenvalue weighted by Gasteiger charge is -2.37. The number of amides is 1. The molecule has 160 valence electrons. The zero-order valence-electron chi connectivity index (χ0n) is 17.1. The van der Waals surface area contributed by atoms with E-state index in [1.165, 1.54) is 0 Å². The van der Waals surface area contributed by atoms with Gasteiger partial charge in [0, 0.05) is 55.6 Å². The number of carbonyl (C=O) groups is 1. The van der Waals surface area contributed by atoms with E-state index in [0.717, 1.165) is 22.2 Å². The van der Waals surface area contributed by atoms with Crippen LogP contribution in [0.1, 0.15) is 16.8 Å². The highest BCUT2D eigenvalue weighted by Crippen LogP contribution is 2.26. The molecule has 0 unspecified atom stereocenters. The van der Waals surface area contributed by atoms with Crippen molar-refractivity contribution < 1.29 is 13.2 Å². The molecule has 0 bridgehead atoms. The van der Waals surface area contributed by atoms with Gasteiger partial charge in [0.15, 0.2) is 9.84 Å². The number of hydrogen-bond acceptors (Lipinski definition) is 6. The number of carbonyl (C=O) groups excluding carboxylic acids is 1. The molecular formula is C23H24N4O3S. The van der Waals surface area contributed by atoms with Crippen LogP contribution in [0.4, 0.5) is 0 Å². The van der Waals surface area contributed by atoms with Gasteiger partial charge in [0.1, 0.15) is 0 Å². The fraction of sp³-hybridized carbons (Fsp3) is 0.348. The summed E-state index contributed by atoms with van der Waals surface area (Å²) in [5.74, 6) is 0.504. The molecule has 0 saturated carbocycles. The summed E-state index contributed by atoms with van der Waals surface area (Å²) in [5, 5.41) is 0.837. The third kappa shape index (κ3) is 4.05. The van der Waals surface area contributed by atoms with Gasteiger partial charge in [-0.3, -0.25) is 14.7 Å². The number of aromatic nitrogens is 2. The molecule has 0 aliphatic carbocycles. The number of para-hydroxylation sites is 1. The zero-order chi connectivity index (χ0) is 21.4. The second kappa shape index (κ2) is 8.01. The molecule has 2 aliphatic rings. The van der Waals surface area contributed by atoms with E-state index in [0.29, 0.717) is 38.2 Å². The Morgan fingerprint density at radius 3 is 2.55 bits per heavy atom. The van der Waals surface area contributed by atoms with E-state index in [1.54, 1.807) is 12.4 Å². The van der Waals surface area contributed by atoms with E-state index in [9.17, 15) is 13.2 Å². The Morgan fingerprint density at radius 1 is 1.03 bits per heavy atom. The Morgan fingerprint density at radius 2 is 1.84 bits per heavy atom. The molecule has 1 atom stereocenters. The summed E-state index contributed by atoms with van der Waals surface area (Å²) in [6.45, 7) is 2.58. The number of hydrogen-bond donors (Lipinski definition) is 0. The first kappa shape index (κ1) is 20.1. The van der Waals surface area contributed by atoms with Crippen LogP contribution in [-0.4, -0.2) is 77.8 Å². The van der Waals surface area contributed by atoms with Crippen molar-refractivity contribution in [2.75, 3.05) is 37.7 Å². The summed E-state index contributed by atoms with van der Waals surface area (Å²) in [6, 6.07) is 13.4. The third-order valence-electron chi connectivity index (χ3n) is 6.23. The number of rotatable bonds is 3. The maximum atomic E-state index is 13.5. The Labute approximate surface area is 181 Å².